The normalized spacial score (nSPS) is 11.6. The monoisotopic (exact) mass is 217 g/mol. The van der Waals surface area contributed by atoms with Crippen LogP contribution in [0.1, 0.15) is 19.5 Å². The van der Waals surface area contributed by atoms with Gasteiger partial charge in [-0.05, 0) is 41.9 Å². The van der Waals surface area contributed by atoms with Crippen LogP contribution in [-0.4, -0.2) is 4.98 Å². The van der Waals surface area contributed by atoms with Crippen molar-refractivity contribution in [1.82, 2.24) is 4.98 Å². The van der Waals surface area contributed by atoms with Crippen LogP contribution in [0.25, 0.3) is 0 Å². The Bertz CT molecular complexity index is 255. The van der Waals surface area contributed by atoms with Crippen molar-refractivity contribution < 1.29 is 4.39 Å². The number of nitrogens with zero attached hydrogens (tertiary/aromatic N) is 1. The van der Waals surface area contributed by atoms with E-state index >= 15 is 0 Å². The molecule has 1 nitrogen and oxygen atoms in total. The number of rotatable bonds is 1. The molecule has 0 amide bonds. The van der Waals surface area contributed by atoms with Gasteiger partial charge >= 0.3 is 0 Å². The molecule has 0 saturated carbocycles. The molecule has 0 aromatic carbocycles. The second-order valence-electron chi connectivity index (χ2n) is 2.81. The highest BCUT2D eigenvalue weighted by molar-refractivity contribution is 9.10. The molecule has 11 heavy (non-hydrogen) atoms. The van der Waals surface area contributed by atoms with Gasteiger partial charge in [0.25, 0.3) is 0 Å². The maximum absolute atomic E-state index is 13.3. The average Bonchev–Trinajstić information content (AvgIpc) is 1.86. The smallest absolute Gasteiger partial charge is 0.148 e. The van der Waals surface area contributed by atoms with Gasteiger partial charge in [-0.25, -0.2) is 4.39 Å². The molecule has 0 aliphatic rings. The summed E-state index contributed by atoms with van der Waals surface area (Å²) in [5.74, 6) is 0. The molecule has 0 bridgehead atoms. The summed E-state index contributed by atoms with van der Waals surface area (Å²) in [6.45, 7) is 2.97. The van der Waals surface area contributed by atoms with Crippen LogP contribution in [0.4, 0.5) is 4.39 Å². The van der Waals surface area contributed by atoms with Gasteiger partial charge in [-0.1, -0.05) is 0 Å². The first-order chi connectivity index (χ1) is 5.02. The lowest BCUT2D eigenvalue weighted by atomic mass is 10.1. The van der Waals surface area contributed by atoms with Gasteiger partial charge in [0.1, 0.15) is 5.67 Å². The third-order valence-electron chi connectivity index (χ3n) is 1.32. The number of pyridine rings is 1. The lowest BCUT2D eigenvalue weighted by Gasteiger charge is -2.14. The molecular formula is C8H9BrFN. The maximum atomic E-state index is 13.3. The molecule has 0 aliphatic heterocycles. The second kappa shape index (κ2) is 2.89. The van der Waals surface area contributed by atoms with E-state index in [9.17, 15) is 4.39 Å². The van der Waals surface area contributed by atoms with Crippen molar-refractivity contribution in [2.24, 2.45) is 0 Å². The van der Waals surface area contributed by atoms with E-state index in [-0.39, 0.29) is 0 Å². The molecule has 1 aromatic heterocycles. The van der Waals surface area contributed by atoms with E-state index in [4.69, 9.17) is 0 Å². The molecule has 0 unspecified atom stereocenters. The Balaban J connectivity index is 3.14. The second-order valence-corrected chi connectivity index (χ2v) is 3.66. The zero-order valence-corrected chi connectivity index (χ0v) is 8.02. The minimum Gasteiger partial charge on any atom is -0.257 e. The van der Waals surface area contributed by atoms with Crippen LogP contribution in [0.2, 0.25) is 0 Å². The summed E-state index contributed by atoms with van der Waals surface area (Å²) in [6.07, 6.45) is 1.58. The fourth-order valence-electron chi connectivity index (χ4n) is 0.823. The van der Waals surface area contributed by atoms with E-state index in [0.717, 1.165) is 0 Å². The van der Waals surface area contributed by atoms with Crippen molar-refractivity contribution in [1.29, 1.82) is 0 Å². The van der Waals surface area contributed by atoms with Gasteiger partial charge in [-0.3, -0.25) is 4.98 Å². The predicted molar refractivity (Wildman–Crippen MR) is 46.1 cm³/mol. The van der Waals surface area contributed by atoms with Gasteiger partial charge in [-0.2, -0.15) is 0 Å². The highest BCUT2D eigenvalue weighted by atomic mass is 79.9. The Morgan fingerprint density at radius 2 is 2.18 bits per heavy atom. The molecule has 1 rings (SSSR count). The Labute approximate surface area is 73.8 Å². The molecule has 0 atom stereocenters. The molecule has 1 heterocycles. The zero-order chi connectivity index (χ0) is 8.48. The van der Waals surface area contributed by atoms with Crippen LogP contribution in [0.3, 0.4) is 0 Å². The van der Waals surface area contributed by atoms with E-state index in [1.165, 1.54) is 13.8 Å². The third-order valence-corrected chi connectivity index (χ3v) is 1.96. The van der Waals surface area contributed by atoms with Crippen LogP contribution in [-0.2, 0) is 5.67 Å². The standard InChI is InChI=1S/C8H9BrFN/c1-8(2,10)7-6(9)4-3-5-11-7/h3-5H,1-2H3. The molecule has 0 radical (unpaired) electrons. The van der Waals surface area contributed by atoms with E-state index in [1.54, 1.807) is 18.3 Å². The van der Waals surface area contributed by atoms with Crippen molar-refractivity contribution >= 4 is 15.9 Å². The topological polar surface area (TPSA) is 12.9 Å². The Hall–Kier alpha value is -0.440. The van der Waals surface area contributed by atoms with Crippen molar-refractivity contribution in [3.8, 4) is 0 Å². The number of aromatic nitrogens is 1. The lowest BCUT2D eigenvalue weighted by Crippen LogP contribution is -2.11. The first-order valence-corrected chi connectivity index (χ1v) is 4.11. The van der Waals surface area contributed by atoms with E-state index in [0.29, 0.717) is 10.2 Å². The fraction of sp³-hybridized carbons (Fsp3) is 0.375. The number of halogens is 2. The maximum Gasteiger partial charge on any atom is 0.148 e. The summed E-state index contributed by atoms with van der Waals surface area (Å²) in [4.78, 5) is 3.93. The fourth-order valence-corrected chi connectivity index (χ4v) is 1.55. The molecule has 0 aliphatic carbocycles. The SMILES string of the molecule is CC(C)(F)c1ncccc1Br. The number of hydrogen-bond donors (Lipinski definition) is 0. The van der Waals surface area contributed by atoms with E-state index in [1.807, 2.05) is 0 Å². The Morgan fingerprint density at radius 3 is 2.55 bits per heavy atom. The van der Waals surface area contributed by atoms with Crippen LogP contribution >= 0.6 is 15.9 Å². The summed E-state index contributed by atoms with van der Waals surface area (Å²) in [7, 11) is 0. The van der Waals surface area contributed by atoms with Gasteiger partial charge in [-0.15, -0.1) is 0 Å². The first-order valence-electron chi connectivity index (χ1n) is 3.32. The summed E-state index contributed by atoms with van der Waals surface area (Å²) < 4.78 is 14.0. The quantitative estimate of drug-likeness (QED) is 0.705. The van der Waals surface area contributed by atoms with Gasteiger partial charge in [0.2, 0.25) is 0 Å². The third kappa shape index (κ3) is 1.99. The molecule has 60 valence electrons. The van der Waals surface area contributed by atoms with Crippen LogP contribution < -0.4 is 0 Å². The summed E-state index contributed by atoms with van der Waals surface area (Å²) in [5.41, 5.74) is -0.930. The lowest BCUT2D eigenvalue weighted by molar-refractivity contribution is 0.213. The van der Waals surface area contributed by atoms with Crippen molar-refractivity contribution in [2.75, 3.05) is 0 Å². The number of alkyl halides is 1. The molecule has 1 aromatic rings. The minimum absolute atomic E-state index is 0.444. The minimum atomic E-state index is -1.37. The molecule has 0 N–H and O–H groups in total. The zero-order valence-electron chi connectivity index (χ0n) is 6.44. The van der Waals surface area contributed by atoms with Gasteiger partial charge in [0.15, 0.2) is 0 Å². The van der Waals surface area contributed by atoms with E-state index in [2.05, 4.69) is 20.9 Å². The predicted octanol–water partition coefficient (Wildman–Crippen LogP) is 3.05. The molecule has 0 fully saturated rings. The Kier molecular flexibility index (Phi) is 2.28. The van der Waals surface area contributed by atoms with Crippen LogP contribution in [0.15, 0.2) is 22.8 Å². The highest BCUT2D eigenvalue weighted by Gasteiger charge is 2.22. The molecular weight excluding hydrogens is 209 g/mol. The summed E-state index contributed by atoms with van der Waals surface area (Å²) >= 11 is 3.23. The van der Waals surface area contributed by atoms with E-state index < -0.39 is 5.67 Å². The van der Waals surface area contributed by atoms with Crippen molar-refractivity contribution in [3.05, 3.63) is 28.5 Å². The molecule has 3 heteroatoms. The highest BCUT2D eigenvalue weighted by Crippen LogP contribution is 2.28. The summed E-state index contributed by atoms with van der Waals surface area (Å²) in [5, 5.41) is 0. The largest absolute Gasteiger partial charge is 0.257 e. The van der Waals surface area contributed by atoms with Crippen LogP contribution in [0.5, 0.6) is 0 Å². The van der Waals surface area contributed by atoms with Crippen LogP contribution in [0, 0.1) is 0 Å². The average molecular weight is 218 g/mol. The van der Waals surface area contributed by atoms with Gasteiger partial charge in [0.05, 0.1) is 5.69 Å². The van der Waals surface area contributed by atoms with Gasteiger partial charge in [0, 0.05) is 10.7 Å². The first kappa shape index (κ1) is 8.65. The van der Waals surface area contributed by atoms with Gasteiger partial charge < -0.3 is 0 Å². The molecule has 0 spiro atoms. The summed E-state index contributed by atoms with van der Waals surface area (Å²) in [6, 6.07) is 3.54. The molecule has 0 saturated heterocycles. The van der Waals surface area contributed by atoms with Crippen molar-refractivity contribution in [2.45, 2.75) is 19.5 Å². The Morgan fingerprint density at radius 1 is 1.55 bits per heavy atom. The number of hydrogen-bond acceptors (Lipinski definition) is 1. The van der Waals surface area contributed by atoms with Crippen molar-refractivity contribution in [3.63, 3.8) is 0 Å².